The van der Waals surface area contributed by atoms with E-state index in [1.165, 1.54) is 11.2 Å². The molecular formula is C14H21FN4O3. The Kier molecular flexibility index (Phi) is 5.37. The van der Waals surface area contributed by atoms with Crippen LogP contribution in [0.5, 0.6) is 0 Å². The van der Waals surface area contributed by atoms with E-state index in [2.05, 4.69) is 5.32 Å². The van der Waals surface area contributed by atoms with E-state index in [1.54, 1.807) is 24.1 Å². The van der Waals surface area contributed by atoms with Crippen molar-refractivity contribution in [1.82, 2.24) is 15.1 Å². The molecule has 1 aliphatic rings. The Morgan fingerprint density at radius 2 is 2.36 bits per heavy atom. The summed E-state index contributed by atoms with van der Waals surface area (Å²) in [6.45, 7) is 0.803. The Morgan fingerprint density at radius 3 is 3.00 bits per heavy atom. The minimum absolute atomic E-state index is 0.00689. The highest BCUT2D eigenvalue weighted by Gasteiger charge is 2.34. The van der Waals surface area contributed by atoms with Crippen molar-refractivity contribution in [3.63, 3.8) is 0 Å². The van der Waals surface area contributed by atoms with E-state index in [1.807, 2.05) is 0 Å². The van der Waals surface area contributed by atoms with Crippen LogP contribution < -0.4 is 11.1 Å². The van der Waals surface area contributed by atoms with Crippen LogP contribution in [-0.2, 0) is 11.3 Å². The third kappa shape index (κ3) is 4.45. The van der Waals surface area contributed by atoms with Crippen molar-refractivity contribution in [2.45, 2.75) is 25.2 Å². The summed E-state index contributed by atoms with van der Waals surface area (Å²) in [5, 5.41) is 2.71. The number of halogens is 1. The summed E-state index contributed by atoms with van der Waals surface area (Å²) in [5.74, 6) is 0.158. The summed E-state index contributed by atoms with van der Waals surface area (Å²) in [5.41, 5.74) is 5.17. The highest BCUT2D eigenvalue weighted by molar-refractivity contribution is 5.76. The smallest absolute Gasteiger partial charge is 0.317 e. The quantitative estimate of drug-likeness (QED) is 0.791. The van der Waals surface area contributed by atoms with Crippen LogP contribution in [0, 0.1) is 0 Å². The molecule has 0 saturated carbocycles. The van der Waals surface area contributed by atoms with Gasteiger partial charge in [-0.25, -0.2) is 9.18 Å². The maximum absolute atomic E-state index is 13.5. The molecule has 1 fully saturated rings. The number of nitrogens with one attached hydrogen (secondary N) is 1. The highest BCUT2D eigenvalue weighted by atomic mass is 19.1. The van der Waals surface area contributed by atoms with Crippen LogP contribution in [-0.4, -0.2) is 60.6 Å². The molecule has 0 bridgehead atoms. The zero-order valence-corrected chi connectivity index (χ0v) is 12.5. The molecule has 2 rings (SSSR count). The van der Waals surface area contributed by atoms with E-state index in [4.69, 9.17) is 10.2 Å². The van der Waals surface area contributed by atoms with Gasteiger partial charge in [0.1, 0.15) is 11.9 Å². The molecule has 0 aliphatic carbocycles. The third-order valence-corrected chi connectivity index (χ3v) is 3.66. The first-order valence-electron chi connectivity index (χ1n) is 7.13. The van der Waals surface area contributed by atoms with E-state index in [9.17, 15) is 14.0 Å². The number of nitrogens with two attached hydrogens (primary N) is 1. The topological polar surface area (TPSA) is 91.8 Å². The molecular weight excluding hydrogens is 291 g/mol. The van der Waals surface area contributed by atoms with Crippen molar-refractivity contribution in [2.75, 3.05) is 26.7 Å². The fourth-order valence-corrected chi connectivity index (χ4v) is 2.62. The molecule has 1 aliphatic heterocycles. The predicted molar refractivity (Wildman–Crippen MR) is 77.6 cm³/mol. The molecule has 1 saturated heterocycles. The highest BCUT2D eigenvalue weighted by Crippen LogP contribution is 2.20. The number of carbonyl (C=O) groups is 2. The van der Waals surface area contributed by atoms with Crippen molar-refractivity contribution < 1.29 is 18.4 Å². The first-order chi connectivity index (χ1) is 10.5. The van der Waals surface area contributed by atoms with Gasteiger partial charge in [-0.05, 0) is 18.6 Å². The molecule has 7 nitrogen and oxygen atoms in total. The van der Waals surface area contributed by atoms with Crippen molar-refractivity contribution in [3.05, 3.63) is 24.2 Å². The molecule has 2 atom stereocenters. The maximum atomic E-state index is 13.5. The van der Waals surface area contributed by atoms with Gasteiger partial charge in [0, 0.05) is 26.2 Å². The summed E-state index contributed by atoms with van der Waals surface area (Å²) in [4.78, 5) is 26.2. The number of hydrogen-bond acceptors (Lipinski definition) is 4. The molecule has 3 amide bonds. The van der Waals surface area contributed by atoms with Crippen LogP contribution >= 0.6 is 0 Å². The number of primary amides is 1. The molecule has 0 unspecified atom stereocenters. The van der Waals surface area contributed by atoms with Gasteiger partial charge >= 0.3 is 6.03 Å². The molecule has 8 heteroatoms. The number of hydrogen-bond donors (Lipinski definition) is 2. The second-order valence-corrected chi connectivity index (χ2v) is 5.50. The van der Waals surface area contributed by atoms with Crippen LogP contribution in [0.15, 0.2) is 22.8 Å². The number of alkyl halides is 1. The minimum atomic E-state index is -0.996. The number of likely N-dealkylation sites (N-methyl/N-ethyl adjacent to an activating group) is 1. The Morgan fingerprint density at radius 1 is 1.59 bits per heavy atom. The van der Waals surface area contributed by atoms with E-state index in [0.29, 0.717) is 18.7 Å². The van der Waals surface area contributed by atoms with Gasteiger partial charge in [0.05, 0.1) is 19.4 Å². The largest absolute Gasteiger partial charge is 0.467 e. The van der Waals surface area contributed by atoms with Gasteiger partial charge in [0.15, 0.2) is 0 Å². The Hall–Kier alpha value is -2.09. The Balaban J connectivity index is 1.82. The van der Waals surface area contributed by atoms with Crippen LogP contribution in [0.25, 0.3) is 0 Å². The third-order valence-electron chi connectivity index (χ3n) is 3.66. The first-order valence-corrected chi connectivity index (χ1v) is 7.13. The molecule has 0 spiro atoms. The van der Waals surface area contributed by atoms with Crippen molar-refractivity contribution in [2.24, 2.45) is 5.73 Å². The lowest BCUT2D eigenvalue weighted by molar-refractivity contribution is -0.119. The van der Waals surface area contributed by atoms with Crippen LogP contribution in [0.2, 0.25) is 0 Å². The average molecular weight is 312 g/mol. The Labute approximate surface area is 128 Å². The van der Waals surface area contributed by atoms with Gasteiger partial charge < -0.3 is 20.4 Å². The molecule has 2 heterocycles. The van der Waals surface area contributed by atoms with Crippen molar-refractivity contribution in [1.29, 1.82) is 0 Å². The van der Waals surface area contributed by atoms with Gasteiger partial charge in [0.2, 0.25) is 5.91 Å². The zero-order valence-electron chi connectivity index (χ0n) is 12.5. The number of likely N-dealkylation sites (tertiary alicyclic amines) is 1. The lowest BCUT2D eigenvalue weighted by Crippen LogP contribution is -2.46. The van der Waals surface area contributed by atoms with Gasteiger partial charge in [-0.3, -0.25) is 9.69 Å². The number of amides is 3. The fraction of sp³-hybridized carbons (Fsp3) is 0.571. The van der Waals surface area contributed by atoms with Gasteiger partial charge in [-0.2, -0.15) is 0 Å². The van der Waals surface area contributed by atoms with E-state index < -0.39 is 12.1 Å². The average Bonchev–Trinajstić information content (AvgIpc) is 3.06. The van der Waals surface area contributed by atoms with Gasteiger partial charge in [0.25, 0.3) is 0 Å². The zero-order chi connectivity index (χ0) is 16.1. The number of nitrogens with zero attached hydrogens (tertiary/aromatic N) is 2. The first kappa shape index (κ1) is 16.3. The normalized spacial score (nSPS) is 21.7. The van der Waals surface area contributed by atoms with E-state index >= 15 is 0 Å². The predicted octanol–water partition coefficient (Wildman–Crippen LogP) is 0.319. The summed E-state index contributed by atoms with van der Waals surface area (Å²) < 4.78 is 18.7. The number of rotatable bonds is 6. The molecule has 122 valence electrons. The van der Waals surface area contributed by atoms with Crippen LogP contribution in [0.4, 0.5) is 9.18 Å². The molecule has 1 aromatic rings. The van der Waals surface area contributed by atoms with E-state index in [0.717, 1.165) is 0 Å². The lowest BCUT2D eigenvalue weighted by atomic mass is 10.2. The van der Waals surface area contributed by atoms with Gasteiger partial charge in [-0.1, -0.05) is 0 Å². The molecule has 0 radical (unpaired) electrons. The van der Waals surface area contributed by atoms with E-state index in [-0.39, 0.29) is 31.7 Å². The fourth-order valence-electron chi connectivity index (χ4n) is 2.62. The van der Waals surface area contributed by atoms with Crippen molar-refractivity contribution in [3.8, 4) is 0 Å². The number of furan rings is 1. The SMILES string of the molecule is CN(C[C@@H]1C[C@H](F)CN1CC(N)=O)C(=O)NCc1ccco1. The molecule has 0 aromatic carbocycles. The van der Waals surface area contributed by atoms with Crippen molar-refractivity contribution >= 4 is 11.9 Å². The Bertz CT molecular complexity index is 508. The lowest BCUT2D eigenvalue weighted by Gasteiger charge is -2.27. The second kappa shape index (κ2) is 7.26. The molecule has 22 heavy (non-hydrogen) atoms. The van der Waals surface area contributed by atoms with Crippen LogP contribution in [0.3, 0.4) is 0 Å². The van der Waals surface area contributed by atoms with Gasteiger partial charge in [-0.15, -0.1) is 0 Å². The minimum Gasteiger partial charge on any atom is -0.467 e. The maximum Gasteiger partial charge on any atom is 0.317 e. The summed E-state index contributed by atoms with van der Waals surface area (Å²) >= 11 is 0. The summed E-state index contributed by atoms with van der Waals surface area (Å²) in [6, 6.07) is 3.02. The molecule has 1 aromatic heterocycles. The standard InChI is InChI=1S/C14H21FN4O3/c1-18(14(21)17-6-12-3-2-4-22-12)8-11-5-10(15)7-19(11)9-13(16)20/h2-4,10-11H,5-9H2,1H3,(H2,16,20)(H,17,21)/t10-,11-/m0/s1. The van der Waals surface area contributed by atoms with Crippen LogP contribution in [0.1, 0.15) is 12.2 Å². The number of carbonyl (C=O) groups excluding carboxylic acids is 2. The summed E-state index contributed by atoms with van der Waals surface area (Å²) in [6.07, 6.45) is 0.833. The second-order valence-electron chi connectivity index (χ2n) is 5.50. The monoisotopic (exact) mass is 312 g/mol. The molecule has 3 N–H and O–H groups in total. The number of urea groups is 1. The summed E-state index contributed by atoms with van der Waals surface area (Å²) in [7, 11) is 1.63.